The number of methoxy groups -OCH3 is 1. The Bertz CT molecular complexity index is 154. The molecule has 0 aromatic carbocycles. The summed E-state index contributed by atoms with van der Waals surface area (Å²) in [4.78, 5) is 21.0. The van der Waals surface area contributed by atoms with E-state index in [1.165, 1.54) is 7.11 Å². The van der Waals surface area contributed by atoms with Crippen LogP contribution < -0.4 is 0 Å². The Balaban J connectivity index is 3.30. The van der Waals surface area contributed by atoms with Crippen molar-refractivity contribution >= 4 is 12.1 Å². The summed E-state index contributed by atoms with van der Waals surface area (Å²) >= 11 is 0. The van der Waals surface area contributed by atoms with Gasteiger partial charge in [-0.15, -0.1) is 0 Å². The average molecular weight is 176 g/mol. The largest absolute Gasteiger partial charge is 0.508 e. The molecule has 0 saturated heterocycles. The fraction of sp³-hybridized carbons (Fsp3) is 0.714. The summed E-state index contributed by atoms with van der Waals surface area (Å²) < 4.78 is 13.3. The first-order valence-electron chi connectivity index (χ1n) is 3.57. The van der Waals surface area contributed by atoms with Gasteiger partial charge in [0.25, 0.3) is 0 Å². The quantitative estimate of drug-likeness (QED) is 0.590. The van der Waals surface area contributed by atoms with Gasteiger partial charge in [0.2, 0.25) is 0 Å². The molecular formula is C7H12O5. The van der Waals surface area contributed by atoms with Gasteiger partial charge in [-0.05, 0) is 6.92 Å². The smallest absolute Gasteiger partial charge is 0.469 e. The fourth-order valence-electron chi connectivity index (χ4n) is 0.479. The van der Waals surface area contributed by atoms with E-state index in [1.807, 2.05) is 0 Å². The van der Waals surface area contributed by atoms with E-state index in [9.17, 15) is 9.59 Å². The highest BCUT2D eigenvalue weighted by atomic mass is 16.7. The molecule has 12 heavy (non-hydrogen) atoms. The third-order valence-electron chi connectivity index (χ3n) is 1.02. The summed E-state index contributed by atoms with van der Waals surface area (Å²) in [6.07, 6.45) is -0.712. The van der Waals surface area contributed by atoms with Crippen LogP contribution in [0, 0.1) is 0 Å². The maximum absolute atomic E-state index is 10.5. The number of carbonyl (C=O) groups excluding carboxylic acids is 2. The van der Waals surface area contributed by atoms with Crippen LogP contribution in [-0.4, -0.2) is 32.4 Å². The van der Waals surface area contributed by atoms with Gasteiger partial charge in [-0.3, -0.25) is 4.79 Å². The van der Waals surface area contributed by atoms with Crippen LogP contribution in [0.15, 0.2) is 0 Å². The maximum atomic E-state index is 10.5. The Labute approximate surface area is 70.6 Å². The number of hydrogen-bond donors (Lipinski definition) is 0. The van der Waals surface area contributed by atoms with Crippen molar-refractivity contribution in [3.63, 3.8) is 0 Å². The van der Waals surface area contributed by atoms with Crippen molar-refractivity contribution in [2.24, 2.45) is 0 Å². The minimum atomic E-state index is -0.763. The van der Waals surface area contributed by atoms with E-state index < -0.39 is 12.1 Å². The lowest BCUT2D eigenvalue weighted by Gasteiger charge is -2.02. The highest BCUT2D eigenvalue weighted by molar-refractivity contribution is 5.69. The van der Waals surface area contributed by atoms with Gasteiger partial charge in [0.05, 0.1) is 20.1 Å². The predicted octanol–water partition coefficient (Wildman–Crippen LogP) is 0.723. The molecule has 0 bridgehead atoms. The Hall–Kier alpha value is -1.26. The molecule has 0 spiro atoms. The van der Waals surface area contributed by atoms with Crippen LogP contribution in [0.2, 0.25) is 0 Å². The van der Waals surface area contributed by atoms with Crippen LogP contribution in [-0.2, 0) is 19.0 Å². The number of rotatable bonds is 4. The summed E-state index contributed by atoms with van der Waals surface area (Å²) in [5, 5.41) is 0. The molecule has 0 atom stereocenters. The second-order valence-electron chi connectivity index (χ2n) is 1.86. The van der Waals surface area contributed by atoms with Crippen molar-refractivity contribution in [1.29, 1.82) is 0 Å². The van der Waals surface area contributed by atoms with E-state index in [0.717, 1.165) is 0 Å². The summed E-state index contributed by atoms with van der Waals surface area (Å²) in [7, 11) is 1.27. The van der Waals surface area contributed by atoms with E-state index in [4.69, 9.17) is 0 Å². The zero-order valence-electron chi connectivity index (χ0n) is 7.16. The van der Waals surface area contributed by atoms with E-state index in [1.54, 1.807) is 6.92 Å². The molecule has 0 amide bonds. The lowest BCUT2D eigenvalue weighted by molar-refractivity contribution is -0.141. The second kappa shape index (κ2) is 6.45. The summed E-state index contributed by atoms with van der Waals surface area (Å²) in [6.45, 7) is 1.92. The number of esters is 1. The van der Waals surface area contributed by atoms with Crippen molar-refractivity contribution < 1.29 is 23.8 Å². The molecule has 5 heteroatoms. The topological polar surface area (TPSA) is 61.8 Å². The average Bonchev–Trinajstić information content (AvgIpc) is 2.04. The van der Waals surface area contributed by atoms with Crippen LogP contribution >= 0.6 is 0 Å². The Kier molecular flexibility index (Phi) is 5.77. The van der Waals surface area contributed by atoms with Crippen LogP contribution in [0.5, 0.6) is 0 Å². The van der Waals surface area contributed by atoms with Crippen LogP contribution in [0.25, 0.3) is 0 Å². The van der Waals surface area contributed by atoms with E-state index >= 15 is 0 Å². The Morgan fingerprint density at radius 3 is 2.42 bits per heavy atom. The first kappa shape index (κ1) is 10.7. The molecule has 0 rings (SSSR count). The predicted molar refractivity (Wildman–Crippen MR) is 39.6 cm³/mol. The first-order chi connectivity index (χ1) is 5.70. The minimum Gasteiger partial charge on any atom is -0.469 e. The molecule has 5 nitrogen and oxygen atoms in total. The van der Waals surface area contributed by atoms with Crippen molar-refractivity contribution in [2.45, 2.75) is 13.3 Å². The lowest BCUT2D eigenvalue weighted by Crippen LogP contribution is -2.11. The van der Waals surface area contributed by atoms with Crippen molar-refractivity contribution in [3.05, 3.63) is 0 Å². The van der Waals surface area contributed by atoms with Gasteiger partial charge >= 0.3 is 12.1 Å². The molecule has 0 N–H and O–H groups in total. The number of carbonyl (C=O) groups is 2. The summed E-state index contributed by atoms with van der Waals surface area (Å²) in [5.74, 6) is -0.417. The number of hydrogen-bond acceptors (Lipinski definition) is 5. The van der Waals surface area contributed by atoms with Crippen molar-refractivity contribution in [1.82, 2.24) is 0 Å². The Morgan fingerprint density at radius 1 is 1.25 bits per heavy atom. The highest BCUT2D eigenvalue weighted by Gasteiger charge is 2.04. The third kappa shape index (κ3) is 5.52. The van der Waals surface area contributed by atoms with Gasteiger partial charge < -0.3 is 14.2 Å². The monoisotopic (exact) mass is 176 g/mol. The summed E-state index contributed by atoms with van der Waals surface area (Å²) in [6, 6.07) is 0. The lowest BCUT2D eigenvalue weighted by atomic mass is 10.5. The minimum absolute atomic E-state index is 0.00843. The Morgan fingerprint density at radius 2 is 1.92 bits per heavy atom. The van der Waals surface area contributed by atoms with E-state index in [0.29, 0.717) is 0 Å². The molecular weight excluding hydrogens is 164 g/mol. The van der Waals surface area contributed by atoms with Gasteiger partial charge in [0, 0.05) is 0 Å². The van der Waals surface area contributed by atoms with Crippen LogP contribution in [0.3, 0.4) is 0 Å². The second-order valence-corrected chi connectivity index (χ2v) is 1.86. The highest BCUT2D eigenvalue weighted by Crippen LogP contribution is 1.89. The van der Waals surface area contributed by atoms with E-state index in [-0.39, 0.29) is 19.6 Å². The standard InChI is InChI=1S/C7H12O5/c1-3-11-7(9)12-5-4-6(8)10-2/h3-5H2,1-2H3. The fourth-order valence-corrected chi connectivity index (χ4v) is 0.479. The molecule has 0 aliphatic heterocycles. The molecule has 0 heterocycles. The van der Waals surface area contributed by atoms with Gasteiger partial charge in [-0.2, -0.15) is 0 Å². The zero-order chi connectivity index (χ0) is 9.40. The van der Waals surface area contributed by atoms with Gasteiger partial charge in [0.1, 0.15) is 6.61 Å². The first-order valence-corrected chi connectivity index (χ1v) is 3.57. The van der Waals surface area contributed by atoms with Crippen LogP contribution in [0.4, 0.5) is 4.79 Å². The molecule has 0 unspecified atom stereocenters. The molecule has 0 saturated carbocycles. The van der Waals surface area contributed by atoms with Gasteiger partial charge in [-0.25, -0.2) is 4.79 Å². The third-order valence-corrected chi connectivity index (χ3v) is 1.02. The molecule has 70 valence electrons. The molecule has 0 aromatic rings. The molecule has 0 aliphatic carbocycles. The zero-order valence-corrected chi connectivity index (χ0v) is 7.16. The van der Waals surface area contributed by atoms with Gasteiger partial charge in [-0.1, -0.05) is 0 Å². The van der Waals surface area contributed by atoms with Crippen molar-refractivity contribution in [3.8, 4) is 0 Å². The molecule has 0 radical (unpaired) electrons. The molecule has 0 aliphatic rings. The summed E-state index contributed by atoms with van der Waals surface area (Å²) in [5.41, 5.74) is 0. The molecule has 0 aromatic heterocycles. The van der Waals surface area contributed by atoms with Crippen LogP contribution in [0.1, 0.15) is 13.3 Å². The SMILES string of the molecule is CCOC(=O)OCCC(=O)OC. The van der Waals surface area contributed by atoms with Crippen molar-refractivity contribution in [2.75, 3.05) is 20.3 Å². The van der Waals surface area contributed by atoms with Gasteiger partial charge in [0.15, 0.2) is 0 Å². The molecule has 0 fully saturated rings. The maximum Gasteiger partial charge on any atom is 0.508 e. The number of ether oxygens (including phenoxy) is 3. The van der Waals surface area contributed by atoms with E-state index in [2.05, 4.69) is 14.2 Å². The normalized spacial score (nSPS) is 8.83.